The number of nitrogens with one attached hydrogen (secondary N) is 2. The molecule has 0 saturated carbocycles. The van der Waals surface area contributed by atoms with E-state index in [4.69, 9.17) is 5.73 Å². The number of hydrogen-bond acceptors (Lipinski definition) is 4. The van der Waals surface area contributed by atoms with Gasteiger partial charge < -0.3 is 21.5 Å². The van der Waals surface area contributed by atoms with E-state index in [1.54, 1.807) is 18.2 Å². The van der Waals surface area contributed by atoms with E-state index in [0.29, 0.717) is 23.7 Å². The van der Waals surface area contributed by atoms with E-state index >= 15 is 0 Å². The van der Waals surface area contributed by atoms with Gasteiger partial charge in [0.05, 0.1) is 11.4 Å². The summed E-state index contributed by atoms with van der Waals surface area (Å²) in [7, 11) is 0. The summed E-state index contributed by atoms with van der Waals surface area (Å²) < 4.78 is 0. The molecule has 0 heterocycles. The van der Waals surface area contributed by atoms with Gasteiger partial charge in [0, 0.05) is 11.6 Å². The number of aliphatic carboxylic acids is 1. The average Bonchev–Trinajstić information content (AvgIpc) is 2.52. The van der Waals surface area contributed by atoms with Crippen LogP contribution >= 0.6 is 0 Å². The van der Waals surface area contributed by atoms with Crippen molar-refractivity contribution in [2.24, 2.45) is 5.92 Å². The normalized spacial score (nSPS) is 12.2. The molecule has 1 aromatic rings. The summed E-state index contributed by atoms with van der Waals surface area (Å²) in [6.07, 6.45) is 2.34. The molecule has 0 spiro atoms. The SMILES string of the molecule is CCC(CC)Nc1ccc(C(=O)NC(CC(C)C)C(=O)O)cc1N. The molecule has 1 rings (SSSR count). The standard InChI is InChI=1S/C18H29N3O3/c1-5-13(6-2)20-15-8-7-12(10-14(15)19)17(22)21-16(18(23)24)9-11(3)4/h7-8,10-11,13,16,20H,5-6,9,19H2,1-4H3,(H,21,22)(H,23,24). The number of carboxylic acid groups (broad SMARTS) is 1. The molecule has 5 N–H and O–H groups in total. The van der Waals surface area contributed by atoms with Gasteiger partial charge in [0.25, 0.3) is 5.91 Å². The number of hydrogen-bond donors (Lipinski definition) is 4. The Balaban J connectivity index is 2.84. The van der Waals surface area contributed by atoms with Gasteiger partial charge in [-0.1, -0.05) is 27.7 Å². The van der Waals surface area contributed by atoms with Gasteiger partial charge in [0.1, 0.15) is 6.04 Å². The zero-order valence-electron chi connectivity index (χ0n) is 14.9. The number of benzene rings is 1. The number of anilines is 2. The Hall–Kier alpha value is -2.24. The van der Waals surface area contributed by atoms with Gasteiger partial charge >= 0.3 is 5.97 Å². The Morgan fingerprint density at radius 2 is 1.83 bits per heavy atom. The van der Waals surface area contributed by atoms with E-state index in [1.165, 1.54) is 0 Å². The van der Waals surface area contributed by atoms with E-state index in [1.807, 2.05) is 13.8 Å². The molecule has 0 aliphatic carbocycles. The highest BCUT2D eigenvalue weighted by atomic mass is 16.4. The van der Waals surface area contributed by atoms with Crippen molar-refractivity contribution < 1.29 is 14.7 Å². The first-order chi connectivity index (χ1) is 11.3. The monoisotopic (exact) mass is 335 g/mol. The Kier molecular flexibility index (Phi) is 7.55. The summed E-state index contributed by atoms with van der Waals surface area (Å²) in [5.74, 6) is -1.29. The molecule has 6 heteroatoms. The van der Waals surface area contributed by atoms with Crippen molar-refractivity contribution >= 4 is 23.3 Å². The molecule has 24 heavy (non-hydrogen) atoms. The molecule has 0 aromatic heterocycles. The predicted octanol–water partition coefficient (Wildman–Crippen LogP) is 3.10. The van der Waals surface area contributed by atoms with Crippen LogP contribution in [0.15, 0.2) is 18.2 Å². The molecule has 1 aromatic carbocycles. The van der Waals surface area contributed by atoms with Crippen LogP contribution in [0.25, 0.3) is 0 Å². The smallest absolute Gasteiger partial charge is 0.326 e. The van der Waals surface area contributed by atoms with Crippen molar-refractivity contribution in [3.63, 3.8) is 0 Å². The molecule has 1 unspecified atom stereocenters. The van der Waals surface area contributed by atoms with Crippen molar-refractivity contribution in [3.8, 4) is 0 Å². The lowest BCUT2D eigenvalue weighted by atomic mass is 10.0. The second-order valence-electron chi connectivity index (χ2n) is 6.45. The van der Waals surface area contributed by atoms with Gasteiger partial charge in [0.15, 0.2) is 0 Å². The second kappa shape index (κ2) is 9.15. The lowest BCUT2D eigenvalue weighted by Crippen LogP contribution is -2.41. The van der Waals surface area contributed by atoms with Crippen molar-refractivity contribution in [1.29, 1.82) is 0 Å². The minimum Gasteiger partial charge on any atom is -0.480 e. The van der Waals surface area contributed by atoms with Gasteiger partial charge in [0.2, 0.25) is 0 Å². The van der Waals surface area contributed by atoms with E-state index in [-0.39, 0.29) is 5.92 Å². The molecule has 0 bridgehead atoms. The quantitative estimate of drug-likeness (QED) is 0.519. The Bertz CT molecular complexity index is 569. The molecule has 134 valence electrons. The number of carbonyl (C=O) groups is 2. The van der Waals surface area contributed by atoms with Crippen LogP contribution in [-0.4, -0.2) is 29.1 Å². The maximum atomic E-state index is 12.3. The van der Waals surface area contributed by atoms with E-state index in [0.717, 1.165) is 18.5 Å². The van der Waals surface area contributed by atoms with E-state index < -0.39 is 17.9 Å². The van der Waals surface area contributed by atoms with Crippen LogP contribution in [0.5, 0.6) is 0 Å². The van der Waals surface area contributed by atoms with Gasteiger partial charge in [-0.3, -0.25) is 4.79 Å². The van der Waals surface area contributed by atoms with Crippen LogP contribution in [0.1, 0.15) is 57.3 Å². The topological polar surface area (TPSA) is 104 Å². The molecule has 0 radical (unpaired) electrons. The number of nitrogens with two attached hydrogens (primary N) is 1. The Morgan fingerprint density at radius 1 is 1.21 bits per heavy atom. The predicted molar refractivity (Wildman–Crippen MR) is 97.2 cm³/mol. The third-order valence-electron chi connectivity index (χ3n) is 3.97. The molecule has 0 aliphatic rings. The van der Waals surface area contributed by atoms with Crippen LogP contribution in [0, 0.1) is 5.92 Å². The highest BCUT2D eigenvalue weighted by Crippen LogP contribution is 2.22. The summed E-state index contributed by atoms with van der Waals surface area (Å²) in [5.41, 5.74) is 7.65. The number of carboxylic acids is 1. The van der Waals surface area contributed by atoms with Crippen molar-refractivity contribution in [2.75, 3.05) is 11.1 Å². The van der Waals surface area contributed by atoms with Gasteiger partial charge in [-0.25, -0.2) is 4.79 Å². The lowest BCUT2D eigenvalue weighted by molar-refractivity contribution is -0.139. The fourth-order valence-corrected chi connectivity index (χ4v) is 2.48. The molecule has 1 amide bonds. The zero-order valence-corrected chi connectivity index (χ0v) is 14.9. The lowest BCUT2D eigenvalue weighted by Gasteiger charge is -2.19. The maximum Gasteiger partial charge on any atom is 0.326 e. The molecule has 0 saturated heterocycles. The van der Waals surface area contributed by atoms with Crippen molar-refractivity contribution in [2.45, 2.75) is 59.0 Å². The number of amides is 1. The van der Waals surface area contributed by atoms with Gasteiger partial charge in [-0.05, 0) is 43.4 Å². The molecular weight excluding hydrogens is 306 g/mol. The average molecular weight is 335 g/mol. The summed E-state index contributed by atoms with van der Waals surface area (Å²) in [6.45, 7) is 8.02. The van der Waals surface area contributed by atoms with Crippen LogP contribution in [0.4, 0.5) is 11.4 Å². The van der Waals surface area contributed by atoms with E-state index in [2.05, 4.69) is 24.5 Å². The first-order valence-electron chi connectivity index (χ1n) is 8.48. The van der Waals surface area contributed by atoms with Crippen LogP contribution in [0.3, 0.4) is 0 Å². The Morgan fingerprint density at radius 3 is 2.29 bits per heavy atom. The summed E-state index contributed by atoms with van der Waals surface area (Å²) >= 11 is 0. The van der Waals surface area contributed by atoms with Crippen LogP contribution < -0.4 is 16.4 Å². The molecule has 0 fully saturated rings. The van der Waals surface area contributed by atoms with Gasteiger partial charge in [-0.2, -0.15) is 0 Å². The first-order valence-corrected chi connectivity index (χ1v) is 8.48. The largest absolute Gasteiger partial charge is 0.480 e. The fraction of sp³-hybridized carbons (Fsp3) is 0.556. The van der Waals surface area contributed by atoms with Crippen LogP contribution in [-0.2, 0) is 4.79 Å². The maximum absolute atomic E-state index is 12.3. The van der Waals surface area contributed by atoms with E-state index in [9.17, 15) is 14.7 Å². The van der Waals surface area contributed by atoms with Crippen molar-refractivity contribution in [1.82, 2.24) is 5.32 Å². The molecule has 0 aliphatic heterocycles. The minimum absolute atomic E-state index is 0.170. The third-order valence-corrected chi connectivity index (χ3v) is 3.97. The highest BCUT2D eigenvalue weighted by Gasteiger charge is 2.22. The van der Waals surface area contributed by atoms with Gasteiger partial charge in [-0.15, -0.1) is 0 Å². The number of nitrogen functional groups attached to an aromatic ring is 1. The van der Waals surface area contributed by atoms with Crippen molar-refractivity contribution in [3.05, 3.63) is 23.8 Å². The summed E-state index contributed by atoms with van der Waals surface area (Å²) in [6, 6.07) is 4.43. The zero-order chi connectivity index (χ0) is 18.3. The summed E-state index contributed by atoms with van der Waals surface area (Å²) in [5, 5.41) is 15.1. The first kappa shape index (κ1) is 19.8. The Labute approximate surface area is 143 Å². The molecule has 6 nitrogen and oxygen atoms in total. The van der Waals surface area contributed by atoms with Crippen LogP contribution in [0.2, 0.25) is 0 Å². The summed E-state index contributed by atoms with van der Waals surface area (Å²) in [4.78, 5) is 23.5. The highest BCUT2D eigenvalue weighted by molar-refractivity contribution is 5.98. The molecule has 1 atom stereocenters. The molecular formula is C18H29N3O3. The minimum atomic E-state index is -1.03. The number of carbonyl (C=O) groups excluding carboxylic acids is 1. The number of rotatable bonds is 9. The third kappa shape index (κ3) is 5.76. The second-order valence-corrected chi connectivity index (χ2v) is 6.45. The fourth-order valence-electron chi connectivity index (χ4n) is 2.48.